The van der Waals surface area contributed by atoms with Gasteiger partial charge in [-0.3, -0.25) is 4.79 Å². The molecule has 0 N–H and O–H groups in total. The fraction of sp³-hybridized carbons (Fsp3) is 0.133. The van der Waals surface area contributed by atoms with Gasteiger partial charge >= 0.3 is 0 Å². The molecule has 0 bridgehead atoms. The third-order valence-corrected chi connectivity index (χ3v) is 4.32. The molecule has 0 spiro atoms. The molecule has 1 aliphatic heterocycles. The minimum atomic E-state index is -0.0116. The maximum absolute atomic E-state index is 12.1. The molecule has 20 heavy (non-hydrogen) atoms. The van der Waals surface area contributed by atoms with E-state index in [1.54, 1.807) is 4.90 Å². The van der Waals surface area contributed by atoms with Gasteiger partial charge in [-0.05, 0) is 58.5 Å². The number of benzene rings is 2. The number of hydrogen-bond donors (Lipinski definition) is 0. The van der Waals surface area contributed by atoms with Gasteiger partial charge < -0.3 is 9.64 Å². The Hall–Kier alpha value is -1.08. The van der Waals surface area contributed by atoms with Crippen LogP contribution in [-0.2, 0) is 11.3 Å². The molecule has 2 aromatic carbocycles. The lowest BCUT2D eigenvalue weighted by Crippen LogP contribution is -2.38. The highest BCUT2D eigenvalue weighted by Gasteiger charge is 2.25. The number of fused-ring (bicyclic) bond motifs is 1. The third-order valence-electron chi connectivity index (χ3n) is 3.12. The summed E-state index contributed by atoms with van der Waals surface area (Å²) in [7, 11) is 0. The van der Waals surface area contributed by atoms with E-state index >= 15 is 0 Å². The maximum Gasteiger partial charge on any atom is 0.265 e. The predicted octanol–water partition coefficient (Wildman–Crippen LogP) is 3.98. The van der Waals surface area contributed by atoms with Crippen LogP contribution in [0.2, 0.25) is 0 Å². The first-order chi connectivity index (χ1) is 9.63. The van der Waals surface area contributed by atoms with E-state index in [1.165, 1.54) is 0 Å². The Morgan fingerprint density at radius 2 is 1.95 bits per heavy atom. The molecular weight excluding hydrogens is 433 g/mol. The summed E-state index contributed by atoms with van der Waals surface area (Å²) in [4.78, 5) is 13.9. The second kappa shape index (κ2) is 5.73. The van der Waals surface area contributed by atoms with Crippen molar-refractivity contribution in [3.8, 4) is 5.75 Å². The van der Waals surface area contributed by atoms with E-state index in [-0.39, 0.29) is 12.5 Å². The Bertz CT molecular complexity index is 657. The highest BCUT2D eigenvalue weighted by molar-refractivity contribution is 14.1. The van der Waals surface area contributed by atoms with E-state index < -0.39 is 0 Å². The highest BCUT2D eigenvalue weighted by atomic mass is 127. The topological polar surface area (TPSA) is 29.5 Å². The van der Waals surface area contributed by atoms with Crippen molar-refractivity contribution in [3.05, 3.63) is 56.1 Å². The van der Waals surface area contributed by atoms with Crippen LogP contribution in [0, 0.1) is 3.57 Å². The van der Waals surface area contributed by atoms with E-state index in [0.717, 1.165) is 25.0 Å². The van der Waals surface area contributed by atoms with E-state index in [2.05, 4.69) is 38.5 Å². The second-order valence-electron chi connectivity index (χ2n) is 4.51. The summed E-state index contributed by atoms with van der Waals surface area (Å²) in [6, 6.07) is 13.9. The Labute approximate surface area is 139 Å². The predicted molar refractivity (Wildman–Crippen MR) is 90.0 cm³/mol. The summed E-state index contributed by atoms with van der Waals surface area (Å²) in [5.74, 6) is 0.754. The number of rotatable bonds is 2. The zero-order chi connectivity index (χ0) is 14.1. The standard InChI is InChI=1S/C15H11BrINO2/c16-11-3-1-10(2-4-11)8-18-13-7-12(17)5-6-14(13)20-9-15(18)19/h1-7H,8-9H2. The van der Waals surface area contributed by atoms with Crippen LogP contribution in [0.1, 0.15) is 5.56 Å². The first-order valence-corrected chi connectivity index (χ1v) is 7.98. The number of carbonyl (C=O) groups is 1. The maximum atomic E-state index is 12.1. The van der Waals surface area contributed by atoms with Gasteiger partial charge in [-0.1, -0.05) is 28.1 Å². The van der Waals surface area contributed by atoms with Crippen LogP contribution in [0.5, 0.6) is 5.75 Å². The van der Waals surface area contributed by atoms with Crippen molar-refractivity contribution >= 4 is 50.1 Å². The second-order valence-corrected chi connectivity index (χ2v) is 6.67. The molecule has 0 aliphatic carbocycles. The Morgan fingerprint density at radius 1 is 1.20 bits per heavy atom. The fourth-order valence-electron chi connectivity index (χ4n) is 2.12. The molecule has 1 aliphatic rings. The highest BCUT2D eigenvalue weighted by Crippen LogP contribution is 2.34. The van der Waals surface area contributed by atoms with Gasteiger partial charge in [-0.2, -0.15) is 0 Å². The SMILES string of the molecule is O=C1COc2ccc(I)cc2N1Cc1ccc(Br)cc1. The van der Waals surface area contributed by atoms with Crippen LogP contribution in [0.4, 0.5) is 5.69 Å². The van der Waals surface area contributed by atoms with Gasteiger partial charge in [-0.15, -0.1) is 0 Å². The van der Waals surface area contributed by atoms with Gasteiger partial charge in [-0.25, -0.2) is 0 Å². The molecule has 0 atom stereocenters. The van der Waals surface area contributed by atoms with Crippen LogP contribution >= 0.6 is 38.5 Å². The average Bonchev–Trinajstić information content (AvgIpc) is 2.44. The van der Waals surface area contributed by atoms with E-state index in [4.69, 9.17) is 4.74 Å². The van der Waals surface area contributed by atoms with Gasteiger partial charge in [0.2, 0.25) is 0 Å². The van der Waals surface area contributed by atoms with Crippen LogP contribution in [0.15, 0.2) is 46.9 Å². The summed E-state index contributed by atoms with van der Waals surface area (Å²) >= 11 is 5.65. The first kappa shape index (κ1) is 13.9. The molecule has 1 amide bonds. The summed E-state index contributed by atoms with van der Waals surface area (Å²) in [5, 5.41) is 0. The Kier molecular flexibility index (Phi) is 3.98. The largest absolute Gasteiger partial charge is 0.482 e. The molecule has 0 aromatic heterocycles. The molecule has 0 unspecified atom stereocenters. The van der Waals surface area contributed by atoms with Crippen LogP contribution in [0.3, 0.4) is 0 Å². The van der Waals surface area contributed by atoms with Crippen LogP contribution < -0.4 is 9.64 Å². The molecule has 0 fully saturated rings. The number of carbonyl (C=O) groups excluding carboxylic acids is 1. The average molecular weight is 444 g/mol. The molecule has 2 aromatic rings. The third kappa shape index (κ3) is 2.83. The van der Waals surface area contributed by atoms with Crippen LogP contribution in [-0.4, -0.2) is 12.5 Å². The summed E-state index contributed by atoms with van der Waals surface area (Å²) in [6.45, 7) is 0.659. The zero-order valence-corrected chi connectivity index (χ0v) is 14.2. The first-order valence-electron chi connectivity index (χ1n) is 6.10. The van der Waals surface area contributed by atoms with Crippen molar-refractivity contribution in [1.29, 1.82) is 0 Å². The van der Waals surface area contributed by atoms with Crippen molar-refractivity contribution in [3.63, 3.8) is 0 Å². The molecule has 0 radical (unpaired) electrons. The van der Waals surface area contributed by atoms with E-state index in [1.807, 2.05) is 42.5 Å². The number of ether oxygens (including phenoxy) is 1. The Balaban J connectivity index is 1.94. The summed E-state index contributed by atoms with van der Waals surface area (Å²) in [6.07, 6.45) is 0. The van der Waals surface area contributed by atoms with E-state index in [9.17, 15) is 4.79 Å². The number of amides is 1. The number of halogens is 2. The fourth-order valence-corrected chi connectivity index (χ4v) is 2.86. The van der Waals surface area contributed by atoms with Crippen LogP contribution in [0.25, 0.3) is 0 Å². The lowest BCUT2D eigenvalue weighted by Gasteiger charge is -2.29. The molecule has 0 saturated heterocycles. The van der Waals surface area contributed by atoms with Gasteiger partial charge in [0.15, 0.2) is 6.61 Å². The molecule has 3 nitrogen and oxygen atoms in total. The lowest BCUT2D eigenvalue weighted by atomic mass is 10.1. The van der Waals surface area contributed by atoms with Crippen molar-refractivity contribution < 1.29 is 9.53 Å². The molecule has 5 heteroatoms. The molecular formula is C15H11BrINO2. The monoisotopic (exact) mass is 443 g/mol. The molecule has 3 rings (SSSR count). The molecule has 0 saturated carbocycles. The minimum absolute atomic E-state index is 0.0116. The van der Waals surface area contributed by atoms with Gasteiger partial charge in [0.25, 0.3) is 5.91 Å². The number of anilines is 1. The number of hydrogen-bond acceptors (Lipinski definition) is 2. The quantitative estimate of drug-likeness (QED) is 0.657. The molecule has 1 heterocycles. The van der Waals surface area contributed by atoms with Crippen molar-refractivity contribution in [2.75, 3.05) is 11.5 Å². The van der Waals surface area contributed by atoms with Gasteiger partial charge in [0.05, 0.1) is 12.2 Å². The van der Waals surface area contributed by atoms with E-state index in [0.29, 0.717) is 6.54 Å². The lowest BCUT2D eigenvalue weighted by molar-refractivity contribution is -0.121. The zero-order valence-electron chi connectivity index (χ0n) is 10.5. The number of nitrogens with zero attached hydrogens (tertiary/aromatic N) is 1. The normalized spacial score (nSPS) is 13.9. The van der Waals surface area contributed by atoms with Crippen molar-refractivity contribution in [2.45, 2.75) is 6.54 Å². The van der Waals surface area contributed by atoms with Crippen molar-refractivity contribution in [2.24, 2.45) is 0 Å². The summed E-state index contributed by atoms with van der Waals surface area (Å²) in [5.41, 5.74) is 1.93. The van der Waals surface area contributed by atoms with Crippen molar-refractivity contribution in [1.82, 2.24) is 0 Å². The van der Waals surface area contributed by atoms with Gasteiger partial charge in [0, 0.05) is 8.04 Å². The smallest absolute Gasteiger partial charge is 0.265 e. The van der Waals surface area contributed by atoms with Gasteiger partial charge in [0.1, 0.15) is 5.75 Å². The Morgan fingerprint density at radius 3 is 2.70 bits per heavy atom. The molecule has 102 valence electrons. The minimum Gasteiger partial charge on any atom is -0.482 e. The summed E-state index contributed by atoms with van der Waals surface area (Å²) < 4.78 is 7.59.